The molecule has 130 valence electrons. The fourth-order valence-electron chi connectivity index (χ4n) is 2.92. The molecule has 0 saturated carbocycles. The van der Waals surface area contributed by atoms with E-state index < -0.39 is 0 Å². The largest absolute Gasteiger partial charge is 0.370 e. The molecule has 1 saturated heterocycles. The van der Waals surface area contributed by atoms with Crippen LogP contribution < -0.4 is 11.1 Å². The van der Waals surface area contributed by atoms with Gasteiger partial charge >= 0.3 is 0 Å². The van der Waals surface area contributed by atoms with Crippen molar-refractivity contribution in [3.63, 3.8) is 0 Å². The predicted octanol–water partition coefficient (Wildman–Crippen LogP) is 4.00. The topological polar surface area (TPSA) is 53.6 Å². The first-order chi connectivity index (χ1) is 10.7. The summed E-state index contributed by atoms with van der Waals surface area (Å²) < 4.78 is 0. The molecule has 2 rings (SSSR count). The first kappa shape index (κ1) is 20.2. The van der Waals surface area contributed by atoms with Crippen molar-refractivity contribution < 1.29 is 0 Å². The van der Waals surface area contributed by atoms with E-state index in [1.165, 1.54) is 57.3 Å². The number of hydrogen-bond donors (Lipinski definition) is 2. The summed E-state index contributed by atoms with van der Waals surface area (Å²) in [5.74, 6) is 0.515. The molecule has 0 radical (unpaired) electrons. The van der Waals surface area contributed by atoms with Crippen molar-refractivity contribution in [1.82, 2.24) is 4.90 Å². The predicted molar refractivity (Wildman–Crippen MR) is 111 cm³/mol. The van der Waals surface area contributed by atoms with Gasteiger partial charge in [0.2, 0.25) is 0 Å². The number of anilines is 1. The number of rotatable bonds is 7. The Morgan fingerprint density at radius 2 is 1.96 bits per heavy atom. The Kier molecular flexibility index (Phi) is 10.3. The van der Waals surface area contributed by atoms with Crippen molar-refractivity contribution in [3.05, 3.63) is 29.8 Å². The minimum absolute atomic E-state index is 0. The molecule has 1 heterocycles. The van der Waals surface area contributed by atoms with Gasteiger partial charge in [-0.05, 0) is 69.9 Å². The lowest BCUT2D eigenvalue weighted by Crippen LogP contribution is -2.30. The molecule has 3 N–H and O–H groups in total. The van der Waals surface area contributed by atoms with Gasteiger partial charge < -0.3 is 16.0 Å². The Bertz CT molecular complexity index is 470. The van der Waals surface area contributed by atoms with Crippen molar-refractivity contribution >= 4 is 35.6 Å². The van der Waals surface area contributed by atoms with E-state index in [4.69, 9.17) is 5.73 Å². The molecular formula is C18H31IN4. The summed E-state index contributed by atoms with van der Waals surface area (Å²) in [7, 11) is 0. The van der Waals surface area contributed by atoms with Crippen LogP contribution in [-0.2, 0) is 0 Å². The summed E-state index contributed by atoms with van der Waals surface area (Å²) in [5.41, 5.74) is 8.14. The Balaban J connectivity index is 0.00000264. The van der Waals surface area contributed by atoms with E-state index in [0.717, 1.165) is 18.7 Å². The van der Waals surface area contributed by atoms with E-state index in [2.05, 4.69) is 34.3 Å². The van der Waals surface area contributed by atoms with Crippen LogP contribution in [0.5, 0.6) is 0 Å². The van der Waals surface area contributed by atoms with Gasteiger partial charge in [0.05, 0.1) is 0 Å². The van der Waals surface area contributed by atoms with Gasteiger partial charge in [-0.3, -0.25) is 4.99 Å². The van der Waals surface area contributed by atoms with Gasteiger partial charge in [0.1, 0.15) is 0 Å². The van der Waals surface area contributed by atoms with Crippen molar-refractivity contribution in [2.45, 2.75) is 45.4 Å². The number of benzene rings is 1. The minimum atomic E-state index is 0. The first-order valence-electron chi connectivity index (χ1n) is 8.60. The Morgan fingerprint density at radius 1 is 1.17 bits per heavy atom. The van der Waals surface area contributed by atoms with Gasteiger partial charge in [0, 0.05) is 12.2 Å². The Morgan fingerprint density at radius 3 is 2.70 bits per heavy atom. The summed E-state index contributed by atoms with van der Waals surface area (Å²) in [6, 6.07) is 8.17. The van der Waals surface area contributed by atoms with Crippen LogP contribution in [0, 0.1) is 6.92 Å². The van der Waals surface area contributed by atoms with Crippen LogP contribution in [0.2, 0.25) is 0 Å². The smallest absolute Gasteiger partial charge is 0.193 e. The zero-order valence-electron chi connectivity index (χ0n) is 14.3. The highest BCUT2D eigenvalue weighted by atomic mass is 127. The van der Waals surface area contributed by atoms with E-state index >= 15 is 0 Å². The number of guanidine groups is 1. The number of likely N-dealkylation sites (tertiary alicyclic amines) is 1. The average molecular weight is 430 g/mol. The van der Waals surface area contributed by atoms with Crippen LogP contribution in [0.1, 0.15) is 44.1 Å². The molecule has 1 aliphatic rings. The van der Waals surface area contributed by atoms with Crippen molar-refractivity contribution in [3.8, 4) is 0 Å². The quantitative estimate of drug-likeness (QED) is 0.298. The van der Waals surface area contributed by atoms with Crippen LogP contribution in [-0.4, -0.2) is 37.0 Å². The Labute approximate surface area is 157 Å². The molecule has 1 aliphatic heterocycles. The molecule has 0 spiro atoms. The van der Waals surface area contributed by atoms with Crippen molar-refractivity contribution in [2.24, 2.45) is 10.7 Å². The maximum Gasteiger partial charge on any atom is 0.193 e. The fraction of sp³-hybridized carbons (Fsp3) is 0.611. The maximum atomic E-state index is 5.92. The van der Waals surface area contributed by atoms with E-state index in [1.54, 1.807) is 0 Å². The van der Waals surface area contributed by atoms with Crippen molar-refractivity contribution in [2.75, 3.05) is 31.5 Å². The molecule has 1 aromatic rings. The molecule has 0 amide bonds. The molecule has 23 heavy (non-hydrogen) atoms. The zero-order valence-corrected chi connectivity index (χ0v) is 16.6. The summed E-state index contributed by atoms with van der Waals surface area (Å²) >= 11 is 0. The molecule has 1 aromatic carbocycles. The third-order valence-electron chi connectivity index (χ3n) is 4.15. The van der Waals surface area contributed by atoms with E-state index in [9.17, 15) is 0 Å². The monoisotopic (exact) mass is 430 g/mol. The van der Waals surface area contributed by atoms with Crippen molar-refractivity contribution in [1.29, 1.82) is 0 Å². The number of halogens is 1. The molecule has 0 aliphatic carbocycles. The van der Waals surface area contributed by atoms with Gasteiger partial charge in [0.25, 0.3) is 0 Å². The summed E-state index contributed by atoms with van der Waals surface area (Å²) in [6.07, 6.45) is 7.80. The first-order valence-corrected chi connectivity index (χ1v) is 8.60. The molecule has 0 bridgehead atoms. The number of nitrogens with one attached hydrogen (secondary N) is 1. The molecule has 0 atom stereocenters. The number of aryl methyl sites for hydroxylation is 1. The van der Waals surface area contributed by atoms with E-state index in [1.807, 2.05) is 12.1 Å². The third-order valence-corrected chi connectivity index (χ3v) is 4.15. The minimum Gasteiger partial charge on any atom is -0.370 e. The Hall–Kier alpha value is -0.820. The number of hydrogen-bond acceptors (Lipinski definition) is 2. The van der Waals surface area contributed by atoms with Gasteiger partial charge in [-0.25, -0.2) is 0 Å². The normalized spacial score (nSPS) is 16.0. The second-order valence-corrected chi connectivity index (χ2v) is 6.22. The summed E-state index contributed by atoms with van der Waals surface area (Å²) in [6.45, 7) is 6.73. The van der Waals surface area contributed by atoms with Gasteiger partial charge in [0.15, 0.2) is 5.96 Å². The second-order valence-electron chi connectivity index (χ2n) is 6.22. The average Bonchev–Trinajstić information content (AvgIpc) is 2.52. The van der Waals surface area contributed by atoms with E-state index in [-0.39, 0.29) is 24.0 Å². The second kappa shape index (κ2) is 11.7. The zero-order chi connectivity index (χ0) is 15.6. The summed E-state index contributed by atoms with van der Waals surface area (Å²) in [5, 5.41) is 3.14. The van der Waals surface area contributed by atoms with Gasteiger partial charge in [-0.1, -0.05) is 25.0 Å². The highest BCUT2D eigenvalue weighted by Gasteiger charge is 2.08. The highest BCUT2D eigenvalue weighted by molar-refractivity contribution is 14.0. The third kappa shape index (κ3) is 8.55. The lowest BCUT2D eigenvalue weighted by atomic mass is 10.1. The number of unbranched alkanes of at least 4 members (excludes halogenated alkanes) is 2. The lowest BCUT2D eigenvalue weighted by Gasteiger charge is -2.26. The standard InChI is InChI=1S/C18H30N4.HI/c1-16-9-8-10-17(15-16)21-18(19)20-11-4-2-5-12-22-13-6-3-7-14-22;/h8-10,15H,2-7,11-14H2,1H3,(H3,19,20,21);1H. The number of piperidine rings is 1. The molecule has 0 unspecified atom stereocenters. The van der Waals surface area contributed by atoms with Crippen LogP contribution in [0.25, 0.3) is 0 Å². The van der Waals surface area contributed by atoms with Gasteiger partial charge in [-0.15, -0.1) is 24.0 Å². The van der Waals surface area contributed by atoms with Crippen LogP contribution in [0.4, 0.5) is 5.69 Å². The van der Waals surface area contributed by atoms with Gasteiger partial charge in [-0.2, -0.15) is 0 Å². The lowest BCUT2D eigenvalue weighted by molar-refractivity contribution is 0.224. The SMILES string of the molecule is Cc1cccc(NC(N)=NCCCCCN2CCCCC2)c1.I. The van der Waals surface area contributed by atoms with Crippen LogP contribution in [0.3, 0.4) is 0 Å². The van der Waals surface area contributed by atoms with Crippen LogP contribution in [0.15, 0.2) is 29.3 Å². The molecule has 5 heteroatoms. The number of nitrogens with zero attached hydrogens (tertiary/aromatic N) is 2. The maximum absolute atomic E-state index is 5.92. The highest BCUT2D eigenvalue weighted by Crippen LogP contribution is 2.10. The molecular weight excluding hydrogens is 399 g/mol. The number of aliphatic imine (C=N–C) groups is 1. The fourth-order valence-corrected chi connectivity index (χ4v) is 2.92. The molecule has 1 fully saturated rings. The van der Waals surface area contributed by atoms with Crippen LogP contribution >= 0.6 is 24.0 Å². The number of nitrogens with two attached hydrogens (primary N) is 1. The molecule has 4 nitrogen and oxygen atoms in total. The van der Waals surface area contributed by atoms with E-state index in [0.29, 0.717) is 5.96 Å². The summed E-state index contributed by atoms with van der Waals surface area (Å²) in [4.78, 5) is 7.00. The molecule has 0 aromatic heterocycles.